The molecule has 0 bridgehead atoms. The molecule has 1 saturated carbocycles. The van der Waals surface area contributed by atoms with Crippen molar-refractivity contribution in [1.82, 2.24) is 10.2 Å². The van der Waals surface area contributed by atoms with E-state index < -0.39 is 0 Å². The van der Waals surface area contributed by atoms with Crippen molar-refractivity contribution in [3.05, 3.63) is 0 Å². The Morgan fingerprint density at radius 2 is 2.24 bits per heavy atom. The fourth-order valence-corrected chi connectivity index (χ4v) is 2.17. The Labute approximate surface area is 104 Å². The Balaban J connectivity index is 2.11. The number of rotatable bonds is 7. The van der Waals surface area contributed by atoms with Crippen LogP contribution < -0.4 is 11.1 Å². The first kappa shape index (κ1) is 14.4. The molecule has 1 aliphatic rings. The summed E-state index contributed by atoms with van der Waals surface area (Å²) in [6, 6.07) is 0.0567. The van der Waals surface area contributed by atoms with Crippen molar-refractivity contribution in [3.8, 4) is 0 Å². The highest BCUT2D eigenvalue weighted by Gasteiger charge is 2.29. The minimum Gasteiger partial charge on any atom is -0.383 e. The second-order valence-corrected chi connectivity index (χ2v) is 4.79. The fourth-order valence-electron chi connectivity index (χ4n) is 2.17. The predicted molar refractivity (Wildman–Crippen MR) is 67.7 cm³/mol. The third-order valence-electron chi connectivity index (χ3n) is 3.38. The Hall–Kier alpha value is -0.650. The molecule has 1 fully saturated rings. The maximum Gasteiger partial charge on any atom is 0.224 e. The Morgan fingerprint density at radius 3 is 2.82 bits per heavy atom. The summed E-state index contributed by atoms with van der Waals surface area (Å²) in [5.74, 6) is 0.148. The molecule has 0 saturated heterocycles. The van der Waals surface area contributed by atoms with E-state index in [1.54, 1.807) is 7.11 Å². The number of amides is 1. The molecule has 17 heavy (non-hydrogen) atoms. The van der Waals surface area contributed by atoms with Crippen molar-refractivity contribution in [2.45, 2.75) is 25.3 Å². The lowest BCUT2D eigenvalue weighted by Crippen LogP contribution is -2.41. The van der Waals surface area contributed by atoms with Gasteiger partial charge in [-0.25, -0.2) is 0 Å². The maximum absolute atomic E-state index is 11.8. The first-order valence-corrected chi connectivity index (χ1v) is 6.36. The number of ether oxygens (including phenoxy) is 1. The highest BCUT2D eigenvalue weighted by Crippen LogP contribution is 2.23. The highest BCUT2D eigenvalue weighted by molar-refractivity contribution is 5.79. The zero-order valence-corrected chi connectivity index (χ0v) is 10.9. The third kappa shape index (κ3) is 5.02. The molecule has 0 heterocycles. The van der Waals surface area contributed by atoms with Gasteiger partial charge in [-0.2, -0.15) is 0 Å². The van der Waals surface area contributed by atoms with Crippen molar-refractivity contribution in [2.24, 2.45) is 11.7 Å². The molecular weight excluding hydrogens is 218 g/mol. The van der Waals surface area contributed by atoms with Gasteiger partial charge >= 0.3 is 0 Å². The monoisotopic (exact) mass is 243 g/mol. The lowest BCUT2D eigenvalue weighted by atomic mass is 10.0. The second kappa shape index (κ2) is 7.63. The van der Waals surface area contributed by atoms with Crippen LogP contribution in [0.3, 0.4) is 0 Å². The van der Waals surface area contributed by atoms with Gasteiger partial charge in [0.15, 0.2) is 0 Å². The summed E-state index contributed by atoms with van der Waals surface area (Å²) >= 11 is 0. The molecule has 3 N–H and O–H groups in total. The molecular formula is C12H25N3O2. The minimum absolute atomic E-state index is 0.0271. The van der Waals surface area contributed by atoms with Crippen LogP contribution in [0, 0.1) is 5.92 Å². The molecule has 1 amide bonds. The quantitative estimate of drug-likeness (QED) is 0.650. The van der Waals surface area contributed by atoms with E-state index in [-0.39, 0.29) is 17.9 Å². The van der Waals surface area contributed by atoms with E-state index in [4.69, 9.17) is 10.5 Å². The number of nitrogens with zero attached hydrogens (tertiary/aromatic N) is 1. The van der Waals surface area contributed by atoms with Gasteiger partial charge in [-0.3, -0.25) is 4.79 Å². The van der Waals surface area contributed by atoms with Gasteiger partial charge in [0, 0.05) is 32.8 Å². The lowest BCUT2D eigenvalue weighted by Gasteiger charge is -2.18. The van der Waals surface area contributed by atoms with Crippen LogP contribution in [-0.2, 0) is 9.53 Å². The zero-order chi connectivity index (χ0) is 12.7. The molecule has 2 atom stereocenters. The molecule has 0 aliphatic heterocycles. The number of hydrogen-bond acceptors (Lipinski definition) is 4. The minimum atomic E-state index is 0.0271. The number of methoxy groups -OCH3 is 1. The van der Waals surface area contributed by atoms with Crippen LogP contribution in [0.5, 0.6) is 0 Å². The lowest BCUT2D eigenvalue weighted by molar-refractivity contribution is -0.125. The van der Waals surface area contributed by atoms with Gasteiger partial charge in [-0.1, -0.05) is 6.42 Å². The molecule has 5 nitrogen and oxygen atoms in total. The normalized spacial score (nSPS) is 24.2. The number of hydrogen-bond donors (Lipinski definition) is 2. The van der Waals surface area contributed by atoms with E-state index in [0.29, 0.717) is 6.54 Å². The van der Waals surface area contributed by atoms with Crippen LogP contribution >= 0.6 is 0 Å². The smallest absolute Gasteiger partial charge is 0.224 e. The van der Waals surface area contributed by atoms with Gasteiger partial charge in [-0.05, 0) is 19.9 Å². The van der Waals surface area contributed by atoms with Crippen LogP contribution in [-0.4, -0.2) is 57.2 Å². The number of nitrogens with one attached hydrogen (secondary N) is 1. The van der Waals surface area contributed by atoms with Gasteiger partial charge in [0.2, 0.25) is 5.91 Å². The van der Waals surface area contributed by atoms with E-state index in [1.807, 2.05) is 7.05 Å². The molecule has 0 radical (unpaired) electrons. The summed E-state index contributed by atoms with van der Waals surface area (Å²) in [5, 5.41) is 2.96. The predicted octanol–water partition coefficient (Wildman–Crippen LogP) is -0.192. The summed E-state index contributed by atoms with van der Waals surface area (Å²) in [4.78, 5) is 14.0. The summed E-state index contributed by atoms with van der Waals surface area (Å²) in [5.41, 5.74) is 5.89. The molecule has 1 aliphatic carbocycles. The van der Waals surface area contributed by atoms with Crippen molar-refractivity contribution in [2.75, 3.05) is 40.4 Å². The first-order valence-electron chi connectivity index (χ1n) is 6.36. The van der Waals surface area contributed by atoms with Gasteiger partial charge in [0.1, 0.15) is 0 Å². The van der Waals surface area contributed by atoms with Crippen LogP contribution in [0.15, 0.2) is 0 Å². The number of carbonyl (C=O) groups is 1. The standard InChI is InChI=1S/C12H25N3O2/c1-15(8-9-17-2)7-6-14-12(16)10-4-3-5-11(10)13/h10-11H,3-9,13H2,1-2H3,(H,14,16). The fraction of sp³-hybridized carbons (Fsp3) is 0.917. The molecule has 0 aromatic heterocycles. The van der Waals surface area contributed by atoms with E-state index in [0.717, 1.165) is 39.0 Å². The van der Waals surface area contributed by atoms with Crippen molar-refractivity contribution in [3.63, 3.8) is 0 Å². The van der Waals surface area contributed by atoms with Gasteiger partial charge in [-0.15, -0.1) is 0 Å². The van der Waals surface area contributed by atoms with E-state index in [2.05, 4.69) is 10.2 Å². The van der Waals surface area contributed by atoms with Crippen LogP contribution in [0.25, 0.3) is 0 Å². The molecule has 0 spiro atoms. The second-order valence-electron chi connectivity index (χ2n) is 4.79. The summed E-state index contributed by atoms with van der Waals surface area (Å²) < 4.78 is 4.99. The van der Waals surface area contributed by atoms with E-state index in [1.165, 1.54) is 0 Å². The summed E-state index contributed by atoms with van der Waals surface area (Å²) in [6.45, 7) is 3.13. The molecule has 5 heteroatoms. The van der Waals surface area contributed by atoms with E-state index >= 15 is 0 Å². The molecule has 2 unspecified atom stereocenters. The van der Waals surface area contributed by atoms with Gasteiger partial charge in [0.05, 0.1) is 12.5 Å². The van der Waals surface area contributed by atoms with Crippen molar-refractivity contribution < 1.29 is 9.53 Å². The maximum atomic E-state index is 11.8. The molecule has 0 aromatic rings. The van der Waals surface area contributed by atoms with Crippen LogP contribution in [0.4, 0.5) is 0 Å². The number of carbonyl (C=O) groups excluding carboxylic acids is 1. The Kier molecular flexibility index (Phi) is 6.47. The van der Waals surface area contributed by atoms with Crippen molar-refractivity contribution in [1.29, 1.82) is 0 Å². The Bertz CT molecular complexity index is 236. The van der Waals surface area contributed by atoms with Gasteiger partial charge < -0.3 is 20.7 Å². The molecule has 1 rings (SSSR count). The zero-order valence-electron chi connectivity index (χ0n) is 10.9. The summed E-state index contributed by atoms with van der Waals surface area (Å²) in [7, 11) is 3.71. The van der Waals surface area contributed by atoms with E-state index in [9.17, 15) is 4.79 Å². The molecule has 0 aromatic carbocycles. The first-order chi connectivity index (χ1) is 8.15. The van der Waals surface area contributed by atoms with Crippen LogP contribution in [0.1, 0.15) is 19.3 Å². The average molecular weight is 243 g/mol. The SMILES string of the molecule is COCCN(C)CCNC(=O)C1CCCC1N. The largest absolute Gasteiger partial charge is 0.383 e. The number of nitrogens with two attached hydrogens (primary N) is 1. The third-order valence-corrected chi connectivity index (χ3v) is 3.38. The highest BCUT2D eigenvalue weighted by atomic mass is 16.5. The van der Waals surface area contributed by atoms with Crippen molar-refractivity contribution >= 4 is 5.91 Å². The van der Waals surface area contributed by atoms with Gasteiger partial charge in [0.25, 0.3) is 0 Å². The topological polar surface area (TPSA) is 67.6 Å². The average Bonchev–Trinajstić information content (AvgIpc) is 2.72. The molecule has 100 valence electrons. The summed E-state index contributed by atoms with van der Waals surface area (Å²) in [6.07, 6.45) is 2.99. The van der Waals surface area contributed by atoms with Crippen LogP contribution in [0.2, 0.25) is 0 Å². The number of likely N-dealkylation sites (N-methyl/N-ethyl adjacent to an activating group) is 1. The Morgan fingerprint density at radius 1 is 1.47 bits per heavy atom.